The number of amides is 1. The maximum atomic E-state index is 12.6. The SMILES string of the molecule is O=C(O)CC1CCCN1C(=O)c1ccn(-c2ccc([N+](=O)[O-])cc2)n1. The van der Waals surface area contributed by atoms with Crippen molar-refractivity contribution in [3.05, 3.63) is 52.3 Å². The molecule has 1 unspecified atom stereocenters. The van der Waals surface area contributed by atoms with E-state index < -0.39 is 10.9 Å². The summed E-state index contributed by atoms with van der Waals surface area (Å²) in [6, 6.07) is 7.06. The summed E-state index contributed by atoms with van der Waals surface area (Å²) in [5, 5.41) is 23.9. The van der Waals surface area contributed by atoms with Gasteiger partial charge < -0.3 is 10.0 Å². The van der Waals surface area contributed by atoms with Crippen LogP contribution >= 0.6 is 0 Å². The van der Waals surface area contributed by atoms with E-state index in [1.807, 2.05) is 0 Å². The van der Waals surface area contributed by atoms with Crippen molar-refractivity contribution in [1.82, 2.24) is 14.7 Å². The first-order valence-corrected chi connectivity index (χ1v) is 7.79. The number of hydrogen-bond donors (Lipinski definition) is 1. The molecule has 0 saturated carbocycles. The van der Waals surface area contributed by atoms with E-state index in [4.69, 9.17) is 5.11 Å². The van der Waals surface area contributed by atoms with Crippen LogP contribution in [0, 0.1) is 10.1 Å². The number of rotatable bonds is 5. The van der Waals surface area contributed by atoms with Crippen molar-refractivity contribution in [3.63, 3.8) is 0 Å². The van der Waals surface area contributed by atoms with Gasteiger partial charge in [0.05, 0.1) is 17.0 Å². The molecular formula is C16H16N4O5. The van der Waals surface area contributed by atoms with Crippen LogP contribution in [-0.2, 0) is 4.79 Å². The highest BCUT2D eigenvalue weighted by molar-refractivity contribution is 5.93. The lowest BCUT2D eigenvalue weighted by molar-refractivity contribution is -0.384. The summed E-state index contributed by atoms with van der Waals surface area (Å²) in [4.78, 5) is 35.3. The van der Waals surface area contributed by atoms with Gasteiger partial charge in [0, 0.05) is 30.9 Å². The standard InChI is InChI=1S/C16H16N4O5/c21-15(22)10-13-2-1-8-18(13)16(23)14-7-9-19(17-14)11-3-5-12(6-4-11)20(24)25/h3-7,9,13H,1-2,8,10H2,(H,21,22). The van der Waals surface area contributed by atoms with E-state index in [0.717, 1.165) is 6.42 Å². The Morgan fingerprint density at radius 3 is 2.64 bits per heavy atom. The number of carboxylic acid groups (broad SMARTS) is 1. The molecule has 1 aliphatic rings. The number of likely N-dealkylation sites (tertiary alicyclic amines) is 1. The van der Waals surface area contributed by atoms with E-state index in [9.17, 15) is 19.7 Å². The summed E-state index contributed by atoms with van der Waals surface area (Å²) in [6.45, 7) is 0.515. The molecule has 1 saturated heterocycles. The number of nitro groups is 1. The average molecular weight is 344 g/mol. The number of nitro benzene ring substituents is 1. The minimum absolute atomic E-state index is 0.0271. The zero-order valence-corrected chi connectivity index (χ0v) is 13.2. The molecule has 9 heteroatoms. The number of benzene rings is 1. The van der Waals surface area contributed by atoms with Crippen LogP contribution < -0.4 is 0 Å². The third-order valence-corrected chi connectivity index (χ3v) is 4.18. The zero-order valence-electron chi connectivity index (χ0n) is 13.2. The summed E-state index contributed by atoms with van der Waals surface area (Å²) < 4.78 is 1.46. The van der Waals surface area contributed by atoms with Crippen LogP contribution in [0.3, 0.4) is 0 Å². The fraction of sp³-hybridized carbons (Fsp3) is 0.312. The molecule has 1 fully saturated rings. The van der Waals surface area contributed by atoms with Crippen LogP contribution in [0.2, 0.25) is 0 Å². The van der Waals surface area contributed by atoms with Gasteiger partial charge >= 0.3 is 5.97 Å². The van der Waals surface area contributed by atoms with Crippen molar-refractivity contribution in [2.45, 2.75) is 25.3 Å². The first kappa shape index (κ1) is 16.6. The van der Waals surface area contributed by atoms with Crippen molar-refractivity contribution < 1.29 is 19.6 Å². The highest BCUT2D eigenvalue weighted by Gasteiger charge is 2.32. The number of nitrogens with zero attached hydrogens (tertiary/aromatic N) is 4. The van der Waals surface area contributed by atoms with Crippen molar-refractivity contribution in [2.24, 2.45) is 0 Å². The van der Waals surface area contributed by atoms with Gasteiger partial charge in [-0.15, -0.1) is 0 Å². The van der Waals surface area contributed by atoms with E-state index in [2.05, 4.69) is 5.10 Å². The summed E-state index contributed by atoms with van der Waals surface area (Å²) in [5.74, 6) is -1.23. The van der Waals surface area contributed by atoms with Gasteiger partial charge in [-0.2, -0.15) is 5.10 Å². The van der Waals surface area contributed by atoms with E-state index in [1.54, 1.807) is 29.3 Å². The molecule has 1 aromatic carbocycles. The number of carbonyl (C=O) groups excluding carboxylic acids is 1. The minimum atomic E-state index is -0.930. The molecule has 2 heterocycles. The Morgan fingerprint density at radius 1 is 1.28 bits per heavy atom. The highest BCUT2D eigenvalue weighted by Crippen LogP contribution is 2.22. The smallest absolute Gasteiger partial charge is 0.305 e. The molecule has 1 atom stereocenters. The van der Waals surface area contributed by atoms with Gasteiger partial charge in [-0.3, -0.25) is 19.7 Å². The van der Waals surface area contributed by atoms with Crippen molar-refractivity contribution in [2.75, 3.05) is 6.54 Å². The Bertz CT molecular complexity index is 814. The fourth-order valence-corrected chi connectivity index (χ4v) is 2.97. The Balaban J connectivity index is 1.77. The van der Waals surface area contributed by atoms with Gasteiger partial charge in [0.15, 0.2) is 5.69 Å². The quantitative estimate of drug-likeness (QED) is 0.653. The van der Waals surface area contributed by atoms with E-state index in [0.29, 0.717) is 18.7 Å². The van der Waals surface area contributed by atoms with E-state index >= 15 is 0 Å². The molecule has 2 aromatic rings. The predicted molar refractivity (Wildman–Crippen MR) is 86.5 cm³/mol. The Kier molecular flexibility index (Phi) is 4.46. The largest absolute Gasteiger partial charge is 0.481 e. The molecule has 9 nitrogen and oxygen atoms in total. The van der Waals surface area contributed by atoms with Crippen LogP contribution in [0.25, 0.3) is 5.69 Å². The summed E-state index contributed by atoms with van der Waals surface area (Å²) in [5.41, 5.74) is 0.782. The van der Waals surface area contributed by atoms with Gasteiger partial charge in [-0.1, -0.05) is 0 Å². The first-order valence-electron chi connectivity index (χ1n) is 7.79. The molecule has 3 rings (SSSR count). The molecule has 0 aliphatic carbocycles. The topological polar surface area (TPSA) is 119 Å². The third-order valence-electron chi connectivity index (χ3n) is 4.18. The molecule has 1 amide bonds. The van der Waals surface area contributed by atoms with Crippen LogP contribution in [-0.4, -0.2) is 49.2 Å². The number of aromatic nitrogens is 2. The lowest BCUT2D eigenvalue weighted by atomic mass is 10.1. The van der Waals surface area contributed by atoms with Gasteiger partial charge in [0.25, 0.3) is 11.6 Å². The van der Waals surface area contributed by atoms with E-state index in [1.165, 1.54) is 16.8 Å². The van der Waals surface area contributed by atoms with Crippen molar-refractivity contribution >= 4 is 17.6 Å². The molecular weight excluding hydrogens is 328 g/mol. The molecule has 1 aromatic heterocycles. The van der Waals surface area contributed by atoms with Crippen LogP contribution in [0.4, 0.5) is 5.69 Å². The highest BCUT2D eigenvalue weighted by atomic mass is 16.6. The lowest BCUT2D eigenvalue weighted by Crippen LogP contribution is -2.37. The Morgan fingerprint density at radius 2 is 2.00 bits per heavy atom. The first-order chi connectivity index (χ1) is 12.0. The van der Waals surface area contributed by atoms with Crippen LogP contribution in [0.15, 0.2) is 36.5 Å². The van der Waals surface area contributed by atoms with E-state index in [-0.39, 0.29) is 29.8 Å². The average Bonchev–Trinajstić information content (AvgIpc) is 3.23. The second-order valence-electron chi connectivity index (χ2n) is 5.81. The number of non-ortho nitro benzene ring substituents is 1. The summed E-state index contributed by atoms with van der Waals surface area (Å²) in [6.07, 6.45) is 2.96. The second-order valence-corrected chi connectivity index (χ2v) is 5.81. The van der Waals surface area contributed by atoms with Crippen LogP contribution in [0.5, 0.6) is 0 Å². The normalized spacial score (nSPS) is 16.8. The van der Waals surface area contributed by atoms with Crippen LogP contribution in [0.1, 0.15) is 29.8 Å². The predicted octanol–water partition coefficient (Wildman–Crippen LogP) is 1.86. The molecule has 0 bridgehead atoms. The van der Waals surface area contributed by atoms with Crippen molar-refractivity contribution in [3.8, 4) is 5.69 Å². The number of hydrogen-bond acceptors (Lipinski definition) is 5. The van der Waals surface area contributed by atoms with Gasteiger partial charge in [0.1, 0.15) is 0 Å². The zero-order chi connectivity index (χ0) is 18.0. The van der Waals surface area contributed by atoms with Gasteiger partial charge in [0.2, 0.25) is 0 Å². The summed E-state index contributed by atoms with van der Waals surface area (Å²) >= 11 is 0. The molecule has 130 valence electrons. The maximum Gasteiger partial charge on any atom is 0.305 e. The Hall–Kier alpha value is -3.23. The third kappa shape index (κ3) is 3.49. The Labute approximate surface area is 142 Å². The van der Waals surface area contributed by atoms with Crippen molar-refractivity contribution in [1.29, 1.82) is 0 Å². The van der Waals surface area contributed by atoms with Gasteiger partial charge in [-0.25, -0.2) is 4.68 Å². The second kappa shape index (κ2) is 6.71. The monoisotopic (exact) mass is 344 g/mol. The van der Waals surface area contributed by atoms with Gasteiger partial charge in [-0.05, 0) is 31.0 Å². The molecule has 0 spiro atoms. The number of carboxylic acids is 1. The molecule has 0 radical (unpaired) electrons. The maximum absolute atomic E-state index is 12.6. The molecule has 1 aliphatic heterocycles. The minimum Gasteiger partial charge on any atom is -0.481 e. The number of aliphatic carboxylic acids is 1. The lowest BCUT2D eigenvalue weighted by Gasteiger charge is -2.22. The fourth-order valence-electron chi connectivity index (χ4n) is 2.97. The molecule has 1 N–H and O–H groups in total. The molecule has 25 heavy (non-hydrogen) atoms. The number of carbonyl (C=O) groups is 2. The summed E-state index contributed by atoms with van der Waals surface area (Å²) in [7, 11) is 0.